The third-order valence-electron chi connectivity index (χ3n) is 0. The second-order valence-corrected chi connectivity index (χ2v) is 16.7. The van der Waals surface area contributed by atoms with Crippen LogP contribution in [0.5, 0.6) is 0 Å². The monoisotopic (exact) mass is 435 g/mol. The fourth-order valence-corrected chi connectivity index (χ4v) is 0. The number of rotatable bonds is 0. The van der Waals surface area contributed by atoms with Crippen molar-refractivity contribution in [3.05, 3.63) is 0 Å². The molecule has 0 heterocycles. The van der Waals surface area contributed by atoms with Crippen molar-refractivity contribution in [3.63, 3.8) is 0 Å². The van der Waals surface area contributed by atoms with Crippen molar-refractivity contribution in [2.75, 3.05) is 0 Å². The Balaban J connectivity index is -0.0000000576. The fourth-order valence-electron chi connectivity index (χ4n) is 0. The zero-order valence-corrected chi connectivity index (χ0v) is 26.2. The fraction of sp³-hybridized carbons (Fsp3) is 1.00. The smallest absolute Gasteiger partial charge is 0.00686 e. The zero-order valence-electron chi connectivity index (χ0n) is 26.2. The van der Waals surface area contributed by atoms with Gasteiger partial charge in [0.1, 0.15) is 0 Å². The molecule has 0 unspecified atom stereocenters. The molecular weight excluding hydrogens is 364 g/mol. The van der Waals surface area contributed by atoms with Gasteiger partial charge in [-0.15, -0.1) is 0 Å². The summed E-state index contributed by atoms with van der Waals surface area (Å²) in [6, 6.07) is 0. The lowest BCUT2D eigenvalue weighted by Gasteiger charge is -2.06. The summed E-state index contributed by atoms with van der Waals surface area (Å²) in [5.41, 5.74) is 12.7. The van der Waals surface area contributed by atoms with E-state index in [1.807, 2.05) is 41.5 Å². The number of hydrogen-bond acceptors (Lipinski definition) is 2. The van der Waals surface area contributed by atoms with Crippen molar-refractivity contribution in [3.8, 4) is 0 Å². The standard InChI is InChI=1S/4C5H12.2C4H11N/c4*1-5(2,3)4;2*1-4(2,3)5/h4*1-4H3;2*5H2,1-3H3. The van der Waals surface area contributed by atoms with Crippen LogP contribution in [0.25, 0.3) is 0 Å². The lowest BCUT2D eigenvalue weighted by molar-refractivity contribution is 0.469. The van der Waals surface area contributed by atoms with E-state index in [-0.39, 0.29) is 11.1 Å². The Bertz CT molecular complexity index is 197. The Morgan fingerprint density at radius 1 is 0.233 bits per heavy atom. The number of hydrogen-bond donors (Lipinski definition) is 2. The van der Waals surface area contributed by atoms with Crippen LogP contribution in [-0.2, 0) is 0 Å². The molecule has 0 aliphatic rings. The van der Waals surface area contributed by atoms with Crippen LogP contribution in [0.4, 0.5) is 0 Å². The summed E-state index contributed by atoms with van der Waals surface area (Å²) in [6.07, 6.45) is 0. The van der Waals surface area contributed by atoms with Gasteiger partial charge < -0.3 is 11.5 Å². The molecule has 0 saturated heterocycles. The highest BCUT2D eigenvalue weighted by atomic mass is 14.7. The summed E-state index contributed by atoms with van der Waals surface area (Å²) in [7, 11) is 0. The van der Waals surface area contributed by atoms with E-state index in [9.17, 15) is 0 Å². The molecule has 0 aromatic carbocycles. The van der Waals surface area contributed by atoms with Crippen molar-refractivity contribution in [1.82, 2.24) is 0 Å². The zero-order chi connectivity index (χ0) is 27.0. The molecule has 0 aliphatic carbocycles. The molecule has 0 spiro atoms. The largest absolute Gasteiger partial charge is 0.326 e. The van der Waals surface area contributed by atoms with Crippen LogP contribution in [0.3, 0.4) is 0 Å². The molecule has 0 aliphatic heterocycles. The van der Waals surface area contributed by atoms with Gasteiger partial charge >= 0.3 is 0 Å². The van der Waals surface area contributed by atoms with Crippen molar-refractivity contribution < 1.29 is 0 Å². The second kappa shape index (κ2) is 17.5. The van der Waals surface area contributed by atoms with E-state index in [0.717, 1.165) is 0 Å². The van der Waals surface area contributed by atoms with Gasteiger partial charge in [0.25, 0.3) is 0 Å². The van der Waals surface area contributed by atoms with Crippen LogP contribution in [0.1, 0.15) is 152 Å². The van der Waals surface area contributed by atoms with E-state index in [1.165, 1.54) is 0 Å². The first-order valence-electron chi connectivity index (χ1n) is 11.6. The van der Waals surface area contributed by atoms with E-state index >= 15 is 0 Å². The highest BCUT2D eigenvalue weighted by Crippen LogP contribution is 2.09. The molecule has 0 radical (unpaired) electrons. The van der Waals surface area contributed by atoms with Crippen LogP contribution >= 0.6 is 0 Å². The van der Waals surface area contributed by atoms with Crippen molar-refractivity contribution in [2.24, 2.45) is 33.1 Å². The summed E-state index contributed by atoms with van der Waals surface area (Å²) in [6.45, 7) is 46.8. The molecule has 4 N–H and O–H groups in total. The van der Waals surface area contributed by atoms with Crippen LogP contribution in [0.15, 0.2) is 0 Å². The van der Waals surface area contributed by atoms with E-state index in [2.05, 4.69) is 111 Å². The minimum absolute atomic E-state index is 0. The van der Waals surface area contributed by atoms with Gasteiger partial charge in [-0.3, -0.25) is 0 Å². The van der Waals surface area contributed by atoms with E-state index in [1.54, 1.807) is 0 Å². The molecule has 0 amide bonds. The second-order valence-electron chi connectivity index (χ2n) is 16.7. The Hall–Kier alpha value is -0.0800. The van der Waals surface area contributed by atoms with Gasteiger partial charge in [0.15, 0.2) is 0 Å². The summed E-state index contributed by atoms with van der Waals surface area (Å²) in [4.78, 5) is 0. The Morgan fingerprint density at radius 2 is 0.233 bits per heavy atom. The molecule has 2 nitrogen and oxygen atoms in total. The van der Waals surface area contributed by atoms with E-state index in [4.69, 9.17) is 11.5 Å². The molecule has 192 valence electrons. The summed E-state index contributed by atoms with van der Waals surface area (Å²) < 4.78 is 0. The topological polar surface area (TPSA) is 52.0 Å². The Labute approximate surface area is 196 Å². The Morgan fingerprint density at radius 3 is 0.233 bits per heavy atom. The van der Waals surface area contributed by atoms with Gasteiger partial charge in [0, 0.05) is 11.1 Å². The maximum absolute atomic E-state index is 5.35. The molecule has 0 saturated carbocycles. The normalized spacial score (nSPS) is 12.0. The van der Waals surface area contributed by atoms with Crippen LogP contribution < -0.4 is 11.5 Å². The molecule has 0 fully saturated rings. The molecule has 0 aromatic heterocycles. The van der Waals surface area contributed by atoms with E-state index in [0.29, 0.717) is 21.7 Å². The summed E-state index contributed by atoms with van der Waals surface area (Å²) in [5, 5.41) is 0. The average molecular weight is 435 g/mol. The molecule has 0 aromatic rings. The quantitative estimate of drug-likeness (QED) is 0.398. The Kier molecular flexibility index (Phi) is 25.5. The average Bonchev–Trinajstić information content (AvgIpc) is 1.94. The lowest BCUT2D eigenvalue weighted by Crippen LogP contribution is -2.26. The van der Waals surface area contributed by atoms with Gasteiger partial charge in [-0.05, 0) is 63.2 Å². The summed E-state index contributed by atoms with van der Waals surface area (Å²) in [5.74, 6) is 0. The SMILES string of the molecule is CC(C)(C)C.CC(C)(C)C.CC(C)(C)C.CC(C)(C)C.CC(C)(C)N.CC(C)(C)N. The van der Waals surface area contributed by atoms with Crippen molar-refractivity contribution in [2.45, 2.75) is 163 Å². The minimum atomic E-state index is 0. The van der Waals surface area contributed by atoms with Crippen molar-refractivity contribution in [1.29, 1.82) is 0 Å². The predicted octanol–water partition coefficient (Wildman–Crippen LogP) is 9.70. The van der Waals surface area contributed by atoms with Crippen LogP contribution in [-0.4, -0.2) is 11.1 Å². The third kappa shape index (κ3) is 3160000. The van der Waals surface area contributed by atoms with Gasteiger partial charge in [-0.2, -0.15) is 0 Å². The highest BCUT2D eigenvalue weighted by Gasteiger charge is 1.97. The molecular formula is C28H70N2. The number of nitrogens with two attached hydrogens (primary N) is 2. The third-order valence-corrected chi connectivity index (χ3v) is 0. The lowest BCUT2D eigenvalue weighted by atomic mass is 10.0. The van der Waals surface area contributed by atoms with E-state index < -0.39 is 0 Å². The summed E-state index contributed by atoms with van der Waals surface area (Å²) >= 11 is 0. The highest BCUT2D eigenvalue weighted by molar-refractivity contribution is 4.60. The maximum Gasteiger partial charge on any atom is 0.00686 e. The minimum Gasteiger partial charge on any atom is -0.326 e. The molecule has 0 bridgehead atoms. The van der Waals surface area contributed by atoms with Crippen LogP contribution in [0, 0.1) is 21.7 Å². The molecule has 0 atom stereocenters. The molecule has 30 heavy (non-hydrogen) atoms. The van der Waals surface area contributed by atoms with Gasteiger partial charge in [-0.1, -0.05) is 111 Å². The van der Waals surface area contributed by atoms with Crippen molar-refractivity contribution >= 4 is 0 Å². The molecule has 2 heteroatoms. The van der Waals surface area contributed by atoms with Gasteiger partial charge in [0.05, 0.1) is 0 Å². The van der Waals surface area contributed by atoms with Crippen LogP contribution in [0.2, 0.25) is 0 Å². The first kappa shape index (κ1) is 43.7. The predicted molar refractivity (Wildman–Crippen MR) is 148 cm³/mol. The first-order chi connectivity index (χ1) is 12.0. The molecule has 0 rings (SSSR count). The van der Waals surface area contributed by atoms with Gasteiger partial charge in [0.2, 0.25) is 0 Å². The maximum atomic E-state index is 5.35. The first-order valence-corrected chi connectivity index (χ1v) is 11.6. The van der Waals surface area contributed by atoms with Gasteiger partial charge in [-0.25, -0.2) is 0 Å².